The Morgan fingerprint density at radius 2 is 1.78 bits per heavy atom. The van der Waals surface area contributed by atoms with E-state index in [1.807, 2.05) is 30.3 Å². The van der Waals surface area contributed by atoms with Crippen molar-refractivity contribution in [3.05, 3.63) is 71.5 Å². The predicted octanol–water partition coefficient (Wildman–Crippen LogP) is 4.17. The lowest BCUT2D eigenvalue weighted by molar-refractivity contribution is 0.207. The Kier molecular flexibility index (Phi) is 4.91. The standard InChI is InChI=1S/C19H21FN2O/c20-17-11-9-16(10-12-17)18(15-7-4-8-15)22-19(23)21-13-14-5-2-1-3-6-14/h1-3,5-6,9-12,15,18H,4,7-8,13H2,(H2,21,22,23). The summed E-state index contributed by atoms with van der Waals surface area (Å²) in [5.41, 5.74) is 2.02. The fourth-order valence-corrected chi connectivity index (χ4v) is 2.89. The molecule has 2 aromatic rings. The Bertz CT molecular complexity index is 638. The molecule has 2 aromatic carbocycles. The molecule has 2 N–H and O–H groups in total. The van der Waals surface area contributed by atoms with Gasteiger partial charge in [0.25, 0.3) is 0 Å². The highest BCUT2D eigenvalue weighted by Crippen LogP contribution is 2.37. The van der Waals surface area contributed by atoms with Gasteiger partial charge >= 0.3 is 6.03 Å². The minimum Gasteiger partial charge on any atom is -0.334 e. The molecule has 1 fully saturated rings. The van der Waals surface area contributed by atoms with Crippen LogP contribution in [0, 0.1) is 11.7 Å². The van der Waals surface area contributed by atoms with Gasteiger partial charge in [-0.05, 0) is 42.0 Å². The molecular formula is C19H21FN2O. The van der Waals surface area contributed by atoms with E-state index in [9.17, 15) is 9.18 Å². The van der Waals surface area contributed by atoms with Crippen molar-refractivity contribution < 1.29 is 9.18 Å². The van der Waals surface area contributed by atoms with Crippen molar-refractivity contribution in [2.75, 3.05) is 0 Å². The van der Waals surface area contributed by atoms with Gasteiger partial charge in [0.1, 0.15) is 5.82 Å². The van der Waals surface area contributed by atoms with E-state index in [2.05, 4.69) is 10.6 Å². The van der Waals surface area contributed by atoms with Crippen LogP contribution in [0.5, 0.6) is 0 Å². The van der Waals surface area contributed by atoms with Crippen LogP contribution in [0.15, 0.2) is 54.6 Å². The van der Waals surface area contributed by atoms with E-state index in [0.717, 1.165) is 24.0 Å². The Hall–Kier alpha value is -2.36. The molecule has 2 amide bonds. The number of nitrogens with one attached hydrogen (secondary N) is 2. The number of rotatable bonds is 5. The molecule has 0 heterocycles. The summed E-state index contributed by atoms with van der Waals surface area (Å²) in [5, 5.41) is 5.94. The summed E-state index contributed by atoms with van der Waals surface area (Å²) < 4.78 is 13.1. The van der Waals surface area contributed by atoms with Gasteiger partial charge in [-0.25, -0.2) is 9.18 Å². The predicted molar refractivity (Wildman–Crippen MR) is 88.3 cm³/mol. The van der Waals surface area contributed by atoms with E-state index >= 15 is 0 Å². The molecule has 0 aliphatic heterocycles. The van der Waals surface area contributed by atoms with Gasteiger partial charge in [0.15, 0.2) is 0 Å². The first-order chi connectivity index (χ1) is 11.2. The van der Waals surface area contributed by atoms with Crippen LogP contribution in [0.4, 0.5) is 9.18 Å². The first kappa shape index (κ1) is 15.5. The third kappa shape index (κ3) is 4.09. The summed E-state index contributed by atoms with van der Waals surface area (Å²) in [7, 11) is 0. The Morgan fingerprint density at radius 3 is 2.39 bits per heavy atom. The van der Waals surface area contributed by atoms with Crippen molar-refractivity contribution in [2.45, 2.75) is 31.8 Å². The second-order valence-corrected chi connectivity index (χ2v) is 6.03. The van der Waals surface area contributed by atoms with Crippen LogP contribution in [-0.4, -0.2) is 6.03 Å². The lowest BCUT2D eigenvalue weighted by atomic mass is 9.77. The maximum Gasteiger partial charge on any atom is 0.315 e. The average molecular weight is 312 g/mol. The molecule has 3 rings (SSSR count). The Morgan fingerprint density at radius 1 is 1.09 bits per heavy atom. The molecule has 1 aliphatic carbocycles. The monoisotopic (exact) mass is 312 g/mol. The number of carbonyl (C=O) groups is 1. The zero-order valence-electron chi connectivity index (χ0n) is 13.0. The van der Waals surface area contributed by atoms with Crippen molar-refractivity contribution in [1.29, 1.82) is 0 Å². The minimum absolute atomic E-state index is 0.0554. The highest BCUT2D eigenvalue weighted by Gasteiger charge is 2.29. The Balaban J connectivity index is 1.61. The number of hydrogen-bond donors (Lipinski definition) is 2. The molecule has 0 radical (unpaired) electrons. The molecule has 4 heteroatoms. The fraction of sp³-hybridized carbons (Fsp3) is 0.316. The first-order valence-corrected chi connectivity index (χ1v) is 8.06. The zero-order valence-corrected chi connectivity index (χ0v) is 13.0. The van der Waals surface area contributed by atoms with Crippen LogP contribution >= 0.6 is 0 Å². The molecule has 1 unspecified atom stereocenters. The van der Waals surface area contributed by atoms with Gasteiger partial charge in [0, 0.05) is 6.54 Å². The summed E-state index contributed by atoms with van der Waals surface area (Å²) >= 11 is 0. The summed E-state index contributed by atoms with van der Waals surface area (Å²) in [6, 6.07) is 16.0. The zero-order chi connectivity index (χ0) is 16.1. The normalized spacial score (nSPS) is 15.5. The lowest BCUT2D eigenvalue weighted by Crippen LogP contribution is -2.41. The van der Waals surface area contributed by atoms with Gasteiger partial charge in [0.05, 0.1) is 6.04 Å². The molecule has 1 aliphatic rings. The van der Waals surface area contributed by atoms with Crippen LogP contribution in [-0.2, 0) is 6.54 Å². The molecule has 0 bridgehead atoms. The van der Waals surface area contributed by atoms with Crippen LogP contribution in [0.1, 0.15) is 36.4 Å². The fourth-order valence-electron chi connectivity index (χ4n) is 2.89. The molecular weight excluding hydrogens is 291 g/mol. The van der Waals surface area contributed by atoms with E-state index < -0.39 is 0 Å². The maximum absolute atomic E-state index is 13.1. The summed E-state index contributed by atoms with van der Waals surface area (Å²) in [4.78, 5) is 12.2. The van der Waals surface area contributed by atoms with Crippen LogP contribution in [0.3, 0.4) is 0 Å². The van der Waals surface area contributed by atoms with Gasteiger partial charge in [-0.3, -0.25) is 0 Å². The van der Waals surface area contributed by atoms with Crippen molar-refractivity contribution >= 4 is 6.03 Å². The van der Waals surface area contributed by atoms with E-state index in [0.29, 0.717) is 12.5 Å². The number of carbonyl (C=O) groups excluding carboxylic acids is 1. The van der Waals surface area contributed by atoms with Crippen molar-refractivity contribution in [3.8, 4) is 0 Å². The quantitative estimate of drug-likeness (QED) is 0.855. The number of urea groups is 1. The summed E-state index contributed by atoms with van der Waals surface area (Å²) in [5.74, 6) is 0.178. The topological polar surface area (TPSA) is 41.1 Å². The van der Waals surface area contributed by atoms with E-state index in [1.54, 1.807) is 12.1 Å². The van der Waals surface area contributed by atoms with Gasteiger partial charge in [0.2, 0.25) is 0 Å². The summed E-state index contributed by atoms with van der Waals surface area (Å²) in [6.07, 6.45) is 3.39. The SMILES string of the molecule is O=C(NCc1ccccc1)NC(c1ccc(F)cc1)C1CCC1. The van der Waals surface area contributed by atoms with Gasteiger partial charge in [-0.15, -0.1) is 0 Å². The van der Waals surface area contributed by atoms with Crippen LogP contribution < -0.4 is 10.6 Å². The van der Waals surface area contributed by atoms with Crippen molar-refractivity contribution in [3.63, 3.8) is 0 Å². The van der Waals surface area contributed by atoms with Crippen LogP contribution in [0.25, 0.3) is 0 Å². The van der Waals surface area contributed by atoms with Gasteiger partial charge in [-0.2, -0.15) is 0 Å². The number of benzene rings is 2. The molecule has 0 saturated heterocycles. The maximum atomic E-state index is 13.1. The number of halogens is 1. The second kappa shape index (κ2) is 7.27. The molecule has 1 atom stereocenters. The number of hydrogen-bond acceptors (Lipinski definition) is 1. The van der Waals surface area contributed by atoms with Crippen molar-refractivity contribution in [1.82, 2.24) is 10.6 Å². The van der Waals surface area contributed by atoms with E-state index in [1.165, 1.54) is 18.6 Å². The summed E-state index contributed by atoms with van der Waals surface area (Å²) in [6.45, 7) is 0.494. The molecule has 0 spiro atoms. The highest BCUT2D eigenvalue weighted by atomic mass is 19.1. The average Bonchev–Trinajstić information content (AvgIpc) is 2.52. The molecule has 120 valence electrons. The number of amides is 2. The van der Waals surface area contributed by atoms with E-state index in [4.69, 9.17) is 0 Å². The van der Waals surface area contributed by atoms with E-state index in [-0.39, 0.29) is 17.9 Å². The van der Waals surface area contributed by atoms with Crippen LogP contribution in [0.2, 0.25) is 0 Å². The smallest absolute Gasteiger partial charge is 0.315 e. The minimum atomic E-state index is -0.255. The van der Waals surface area contributed by atoms with Gasteiger partial charge in [-0.1, -0.05) is 48.9 Å². The largest absolute Gasteiger partial charge is 0.334 e. The molecule has 1 saturated carbocycles. The molecule has 23 heavy (non-hydrogen) atoms. The molecule has 3 nitrogen and oxygen atoms in total. The third-order valence-corrected chi connectivity index (χ3v) is 4.43. The second-order valence-electron chi connectivity index (χ2n) is 6.03. The Labute approximate surface area is 135 Å². The first-order valence-electron chi connectivity index (χ1n) is 8.06. The van der Waals surface area contributed by atoms with Gasteiger partial charge < -0.3 is 10.6 Å². The third-order valence-electron chi connectivity index (χ3n) is 4.43. The lowest BCUT2D eigenvalue weighted by Gasteiger charge is -2.34. The molecule has 0 aromatic heterocycles. The highest BCUT2D eigenvalue weighted by molar-refractivity contribution is 5.74. The van der Waals surface area contributed by atoms with Crippen molar-refractivity contribution in [2.24, 2.45) is 5.92 Å².